The lowest BCUT2D eigenvalue weighted by molar-refractivity contribution is -0.633. The number of aromatic nitrogens is 2. The molecule has 0 atom stereocenters. The lowest BCUT2D eigenvalue weighted by Crippen LogP contribution is -2.73. The molecule has 212 valence electrons. The van der Waals surface area contributed by atoms with Crippen LogP contribution in [-0.2, 0) is 0 Å². The molecule has 0 radical (unpaired) electrons. The first-order valence-corrected chi connectivity index (χ1v) is 12.2. The zero-order valence-corrected chi connectivity index (χ0v) is 22.0. The van der Waals surface area contributed by atoms with Crippen LogP contribution in [0.4, 0.5) is 52.5 Å². The highest BCUT2D eigenvalue weighted by Crippen LogP contribution is 2.26. The van der Waals surface area contributed by atoms with Crippen LogP contribution < -0.4 is 36.7 Å². The van der Waals surface area contributed by atoms with Crippen LogP contribution in [0, 0.1) is 0 Å². The summed E-state index contributed by atoms with van der Waals surface area (Å²) < 4.78 is 40.7. The fraction of sp³-hybridized carbons (Fsp3) is 0.111. The van der Waals surface area contributed by atoms with Crippen LogP contribution >= 0.6 is 0 Å². The molecule has 0 spiro atoms. The average Bonchev–Trinajstić information content (AvgIpc) is 2.94. The van der Waals surface area contributed by atoms with E-state index in [-0.39, 0.29) is 5.75 Å². The molecule has 1 aromatic heterocycles. The summed E-state index contributed by atoms with van der Waals surface area (Å²) in [4.78, 5) is 23.1. The van der Waals surface area contributed by atoms with E-state index in [4.69, 9.17) is 5.73 Å². The Balaban J connectivity index is 1.36. The minimum atomic E-state index is -4.79. The predicted molar refractivity (Wildman–Crippen MR) is 151 cm³/mol. The van der Waals surface area contributed by atoms with E-state index in [2.05, 4.69) is 35.8 Å². The minimum Gasteiger partial charge on any atom is -0.406 e. The van der Waals surface area contributed by atoms with Crippen molar-refractivity contribution < 1.29 is 28.1 Å². The van der Waals surface area contributed by atoms with Gasteiger partial charge in [0.25, 0.3) is 0 Å². The summed E-state index contributed by atoms with van der Waals surface area (Å²) in [5, 5.41) is 12.5. The van der Waals surface area contributed by atoms with E-state index >= 15 is 0 Å². The summed E-state index contributed by atoms with van der Waals surface area (Å²) in [5.74, 6) is 1.02. The van der Waals surface area contributed by atoms with Gasteiger partial charge in [0.1, 0.15) is 11.6 Å². The Morgan fingerprint density at radius 2 is 1.63 bits per heavy atom. The molecule has 4 rings (SSSR count). The lowest BCUT2D eigenvalue weighted by Gasteiger charge is -2.19. The number of alkyl halides is 3. The van der Waals surface area contributed by atoms with Crippen LogP contribution in [-0.4, -0.2) is 42.3 Å². The normalized spacial score (nSPS) is 11.5. The molecule has 1 heterocycles. The Morgan fingerprint density at radius 3 is 2.27 bits per heavy atom. The van der Waals surface area contributed by atoms with E-state index in [1.807, 2.05) is 36.2 Å². The van der Waals surface area contributed by atoms with Crippen molar-refractivity contribution >= 4 is 46.4 Å². The molecule has 7 N–H and O–H groups in total. The van der Waals surface area contributed by atoms with Crippen LogP contribution in [0.25, 0.3) is 0 Å². The number of nitrogens with zero attached hydrogens (tertiary/aromatic N) is 4. The van der Waals surface area contributed by atoms with Crippen molar-refractivity contribution in [3.05, 3.63) is 90.6 Å². The third-order valence-corrected chi connectivity index (χ3v) is 5.53. The molecule has 0 aliphatic heterocycles. The van der Waals surface area contributed by atoms with E-state index < -0.39 is 12.4 Å². The van der Waals surface area contributed by atoms with Crippen molar-refractivity contribution in [3.8, 4) is 5.75 Å². The van der Waals surface area contributed by atoms with E-state index in [0.717, 1.165) is 29.1 Å². The Bertz CT molecular complexity index is 1510. The molecule has 14 heteroatoms. The summed E-state index contributed by atoms with van der Waals surface area (Å²) in [7, 11) is 3.63. The van der Waals surface area contributed by atoms with Gasteiger partial charge in [-0.05, 0) is 66.7 Å². The maximum absolute atomic E-state index is 12.3. The number of anilines is 6. The number of quaternary nitrogens is 1. The molecule has 11 nitrogen and oxygen atoms in total. The summed E-state index contributed by atoms with van der Waals surface area (Å²) in [6.07, 6.45) is -3.15. The van der Waals surface area contributed by atoms with Gasteiger partial charge in [0.2, 0.25) is 5.95 Å². The molecule has 0 aliphatic carbocycles. The van der Waals surface area contributed by atoms with E-state index in [9.17, 15) is 18.0 Å². The van der Waals surface area contributed by atoms with Crippen molar-refractivity contribution in [2.75, 3.05) is 34.9 Å². The van der Waals surface area contributed by atoms with Crippen molar-refractivity contribution in [1.29, 1.82) is 0 Å². The molecule has 3 aromatic carbocycles. The second-order valence-electron chi connectivity index (χ2n) is 8.47. The Kier molecular flexibility index (Phi) is 8.84. The van der Waals surface area contributed by atoms with Gasteiger partial charge in [0.05, 0.1) is 7.05 Å². The molecule has 41 heavy (non-hydrogen) atoms. The number of ether oxygens (including phenoxy) is 1. The molecule has 0 bridgehead atoms. The number of carbonyl (C=O) groups excluding carboxylic acids is 1. The second-order valence-corrected chi connectivity index (χ2v) is 8.47. The molecular weight excluding hydrogens is 539 g/mol. The number of rotatable bonds is 9. The third kappa shape index (κ3) is 8.31. The molecule has 0 saturated heterocycles. The molecule has 2 amide bonds. The predicted octanol–water partition coefficient (Wildman–Crippen LogP) is 4.34. The van der Waals surface area contributed by atoms with Gasteiger partial charge < -0.3 is 31.3 Å². The van der Waals surface area contributed by atoms with Gasteiger partial charge >= 0.3 is 12.4 Å². The van der Waals surface area contributed by atoms with Gasteiger partial charge in [-0.15, -0.1) is 13.2 Å². The lowest BCUT2D eigenvalue weighted by atomic mass is 10.2. The summed E-state index contributed by atoms with van der Waals surface area (Å²) in [6.45, 7) is 0. The fourth-order valence-corrected chi connectivity index (χ4v) is 3.63. The Labute approximate surface area is 233 Å². The number of benzene rings is 3. The monoisotopic (exact) mass is 566 g/mol. The smallest absolute Gasteiger partial charge is 0.406 e. The number of amides is 2. The first kappa shape index (κ1) is 28.6. The number of hydrogen-bond donors (Lipinski definition) is 5. The summed E-state index contributed by atoms with van der Waals surface area (Å²) >= 11 is 0. The fourth-order valence-electron chi connectivity index (χ4n) is 3.63. The van der Waals surface area contributed by atoms with Crippen molar-refractivity contribution in [3.63, 3.8) is 0 Å². The van der Waals surface area contributed by atoms with Crippen LogP contribution in [0.5, 0.6) is 5.75 Å². The SMILES string of the molecule is C[NH2+]/N=C(\N)c1cccc(Nc2nccc(N(C)c3ccc(NC(=O)Nc4ccc(OC(F)(F)F)cc4)cc3)n2)c1. The average molecular weight is 567 g/mol. The maximum Gasteiger partial charge on any atom is 0.573 e. The highest BCUT2D eigenvalue weighted by Gasteiger charge is 2.31. The van der Waals surface area contributed by atoms with E-state index in [0.29, 0.717) is 29.0 Å². The molecular formula is C27H27F3N9O2+. The van der Waals surface area contributed by atoms with Gasteiger partial charge in [-0.3, -0.25) is 0 Å². The second kappa shape index (κ2) is 12.7. The van der Waals surface area contributed by atoms with Gasteiger partial charge in [-0.25, -0.2) is 15.2 Å². The molecule has 0 unspecified atom stereocenters. The number of urea groups is 1. The van der Waals surface area contributed by atoms with Crippen LogP contribution in [0.3, 0.4) is 0 Å². The van der Waals surface area contributed by atoms with Gasteiger partial charge in [0.15, 0.2) is 5.84 Å². The van der Waals surface area contributed by atoms with Crippen molar-refractivity contribution in [1.82, 2.24) is 9.97 Å². The third-order valence-electron chi connectivity index (χ3n) is 5.53. The Morgan fingerprint density at radius 1 is 0.976 bits per heavy atom. The molecule has 4 aromatic rings. The zero-order valence-electron chi connectivity index (χ0n) is 22.0. The highest BCUT2D eigenvalue weighted by molar-refractivity contribution is 6.00. The molecule has 0 aliphatic rings. The van der Waals surface area contributed by atoms with Crippen LogP contribution in [0.15, 0.2) is 90.2 Å². The molecule has 0 saturated carbocycles. The first-order chi connectivity index (χ1) is 19.6. The van der Waals surface area contributed by atoms with Crippen molar-refractivity contribution in [2.24, 2.45) is 10.8 Å². The zero-order chi connectivity index (χ0) is 29.4. The molecule has 0 fully saturated rings. The van der Waals surface area contributed by atoms with Gasteiger partial charge in [0, 0.05) is 41.6 Å². The number of halogens is 3. The number of hydrogen-bond acceptors (Lipinski definition) is 7. The van der Waals surface area contributed by atoms with Crippen LogP contribution in [0.1, 0.15) is 5.56 Å². The minimum absolute atomic E-state index is 0.296. The highest BCUT2D eigenvalue weighted by atomic mass is 19.4. The number of carbonyl (C=O) groups is 1. The maximum atomic E-state index is 12.3. The van der Waals surface area contributed by atoms with Crippen molar-refractivity contribution in [2.45, 2.75) is 6.36 Å². The Hall–Kier alpha value is -5.37. The largest absolute Gasteiger partial charge is 0.573 e. The number of amidine groups is 1. The summed E-state index contributed by atoms with van der Waals surface area (Å²) in [6, 6.07) is 20.4. The number of nitrogens with one attached hydrogen (secondary N) is 3. The van der Waals surface area contributed by atoms with E-state index in [1.165, 1.54) is 12.1 Å². The van der Waals surface area contributed by atoms with Gasteiger partial charge in [-0.2, -0.15) is 4.98 Å². The summed E-state index contributed by atoms with van der Waals surface area (Å²) in [5.41, 5.74) is 10.7. The van der Waals surface area contributed by atoms with Crippen LogP contribution in [0.2, 0.25) is 0 Å². The topological polar surface area (TPSA) is 146 Å². The van der Waals surface area contributed by atoms with Gasteiger partial charge in [-0.1, -0.05) is 17.2 Å². The van der Waals surface area contributed by atoms with E-state index in [1.54, 1.807) is 49.0 Å². The standard InChI is InChI=1S/C27H26F3N9O2/c1-32-38-24(31)17-4-3-5-20(16-17)34-25-33-15-14-23(37-25)39(2)21-10-6-18(7-11-21)35-26(40)36-19-8-12-22(13-9-19)41-27(28,29)30/h3-16,32H,1-2H3,(H2,31,38)(H,33,34,37)(H2,35,36,40)/p+1. The quantitative estimate of drug-likeness (QED) is 0.0877. The number of nitrogens with two attached hydrogens (primary N) is 2. The first-order valence-electron chi connectivity index (χ1n) is 12.2.